The molecule has 7 heteroatoms. The molecular formula is C15H20N2O4S. The van der Waals surface area contributed by atoms with Gasteiger partial charge in [-0.05, 0) is 31.7 Å². The Labute approximate surface area is 133 Å². The van der Waals surface area contributed by atoms with Crippen LogP contribution in [0.5, 0.6) is 0 Å². The first-order chi connectivity index (χ1) is 10.4. The van der Waals surface area contributed by atoms with Gasteiger partial charge in [-0.15, -0.1) is 11.3 Å². The van der Waals surface area contributed by atoms with Crippen LogP contribution in [-0.4, -0.2) is 24.5 Å². The van der Waals surface area contributed by atoms with Crippen molar-refractivity contribution in [1.29, 1.82) is 0 Å². The molecule has 22 heavy (non-hydrogen) atoms. The van der Waals surface area contributed by atoms with Gasteiger partial charge in [0.05, 0.1) is 12.2 Å². The quantitative estimate of drug-likeness (QED) is 0.892. The van der Waals surface area contributed by atoms with Crippen LogP contribution in [0.2, 0.25) is 0 Å². The number of carbonyl (C=O) groups is 3. The van der Waals surface area contributed by atoms with Crippen LogP contribution in [0.25, 0.3) is 0 Å². The molecule has 0 radical (unpaired) electrons. The molecule has 3 amide bonds. The number of ether oxygens (including phenoxy) is 1. The molecule has 0 saturated heterocycles. The minimum Gasteiger partial charge on any atom is -0.450 e. The monoisotopic (exact) mass is 324 g/mol. The lowest BCUT2D eigenvalue weighted by molar-refractivity contribution is -0.118. The van der Waals surface area contributed by atoms with Gasteiger partial charge in [-0.3, -0.25) is 14.9 Å². The van der Waals surface area contributed by atoms with E-state index in [0.717, 1.165) is 29.7 Å². The summed E-state index contributed by atoms with van der Waals surface area (Å²) >= 11 is 1.42. The van der Waals surface area contributed by atoms with Crippen molar-refractivity contribution in [2.45, 2.75) is 40.0 Å². The predicted molar refractivity (Wildman–Crippen MR) is 84.3 cm³/mol. The van der Waals surface area contributed by atoms with Gasteiger partial charge in [0.2, 0.25) is 5.91 Å². The Bertz CT molecular complexity index is 607. The van der Waals surface area contributed by atoms with Crippen molar-refractivity contribution in [2.75, 3.05) is 11.9 Å². The number of rotatable bonds is 4. The lowest BCUT2D eigenvalue weighted by Crippen LogP contribution is -2.32. The largest absolute Gasteiger partial charge is 0.450 e. The summed E-state index contributed by atoms with van der Waals surface area (Å²) in [5.41, 5.74) is 1.34. The van der Waals surface area contributed by atoms with E-state index in [-0.39, 0.29) is 18.4 Å². The van der Waals surface area contributed by atoms with E-state index in [4.69, 9.17) is 4.74 Å². The minimum absolute atomic E-state index is 0.148. The van der Waals surface area contributed by atoms with Gasteiger partial charge in [0, 0.05) is 10.8 Å². The maximum absolute atomic E-state index is 12.4. The lowest BCUT2D eigenvalue weighted by Gasteiger charge is -2.10. The van der Waals surface area contributed by atoms with Crippen LogP contribution < -0.4 is 10.6 Å². The number of nitrogens with one attached hydrogen (secondary N) is 2. The van der Waals surface area contributed by atoms with E-state index in [1.54, 1.807) is 20.8 Å². The van der Waals surface area contributed by atoms with Crippen LogP contribution in [0.4, 0.5) is 9.80 Å². The van der Waals surface area contributed by atoms with Crippen molar-refractivity contribution in [3.8, 4) is 0 Å². The molecule has 0 aromatic carbocycles. The number of hydrogen-bond donors (Lipinski definition) is 2. The van der Waals surface area contributed by atoms with Crippen LogP contribution in [0.3, 0.4) is 0 Å². The van der Waals surface area contributed by atoms with Gasteiger partial charge < -0.3 is 10.1 Å². The second kappa shape index (κ2) is 6.91. The fourth-order valence-corrected chi connectivity index (χ4v) is 3.60. The highest BCUT2D eigenvalue weighted by Gasteiger charge is 2.28. The van der Waals surface area contributed by atoms with E-state index in [0.29, 0.717) is 10.6 Å². The third-order valence-corrected chi connectivity index (χ3v) is 4.61. The molecule has 0 bridgehead atoms. The highest BCUT2D eigenvalue weighted by Crippen LogP contribution is 2.39. The Morgan fingerprint density at radius 2 is 2.00 bits per heavy atom. The minimum atomic E-state index is -0.772. The Hall–Kier alpha value is -1.89. The van der Waals surface area contributed by atoms with Crippen LogP contribution >= 0.6 is 11.3 Å². The van der Waals surface area contributed by atoms with Gasteiger partial charge in [-0.25, -0.2) is 4.79 Å². The smallest absolute Gasteiger partial charge is 0.414 e. The summed E-state index contributed by atoms with van der Waals surface area (Å²) in [6, 6.07) is 0. The molecule has 1 aliphatic carbocycles. The van der Waals surface area contributed by atoms with Gasteiger partial charge in [0.1, 0.15) is 5.00 Å². The number of alkyl carbamates (subject to hydrolysis) is 1. The molecule has 1 aliphatic rings. The standard InChI is InChI=1S/C15H20N2O4S/c1-4-21-15(20)17-13(19)11-9-6-5-7-10(9)22-14(11)16-12(18)8(2)3/h8H,4-7H2,1-3H3,(H,16,18)(H,17,19,20). The number of fused-ring (bicyclic) bond motifs is 1. The van der Waals surface area contributed by atoms with Gasteiger partial charge in [0.15, 0.2) is 0 Å². The molecule has 0 saturated carbocycles. The molecule has 120 valence electrons. The first-order valence-corrected chi connectivity index (χ1v) is 8.19. The number of aryl methyl sites for hydroxylation is 1. The average molecular weight is 324 g/mol. The van der Waals surface area contributed by atoms with Crippen molar-refractivity contribution in [1.82, 2.24) is 5.32 Å². The average Bonchev–Trinajstić information content (AvgIpc) is 2.98. The topological polar surface area (TPSA) is 84.5 Å². The summed E-state index contributed by atoms with van der Waals surface area (Å²) in [5.74, 6) is -0.847. The zero-order valence-electron chi connectivity index (χ0n) is 12.9. The second-order valence-corrected chi connectivity index (χ2v) is 6.49. The number of imide groups is 1. The Morgan fingerprint density at radius 1 is 1.27 bits per heavy atom. The summed E-state index contributed by atoms with van der Waals surface area (Å²) in [4.78, 5) is 36.8. The van der Waals surface area contributed by atoms with E-state index in [1.807, 2.05) is 0 Å². The molecule has 1 aromatic heterocycles. The number of hydrogen-bond acceptors (Lipinski definition) is 5. The maximum atomic E-state index is 12.4. The number of carbonyl (C=O) groups excluding carboxylic acids is 3. The molecular weight excluding hydrogens is 304 g/mol. The third kappa shape index (κ3) is 3.47. The summed E-state index contributed by atoms with van der Waals surface area (Å²) in [5, 5.41) is 5.52. The van der Waals surface area contributed by atoms with E-state index in [1.165, 1.54) is 11.3 Å². The zero-order valence-corrected chi connectivity index (χ0v) is 13.8. The summed E-state index contributed by atoms with van der Waals surface area (Å²) < 4.78 is 4.73. The Kier molecular flexibility index (Phi) is 5.18. The zero-order chi connectivity index (χ0) is 16.3. The molecule has 1 aromatic rings. The summed E-state index contributed by atoms with van der Waals surface area (Å²) in [7, 11) is 0. The highest BCUT2D eigenvalue weighted by atomic mass is 32.1. The van der Waals surface area contributed by atoms with Gasteiger partial charge in [-0.1, -0.05) is 13.8 Å². The fourth-order valence-electron chi connectivity index (χ4n) is 2.31. The maximum Gasteiger partial charge on any atom is 0.414 e. The van der Waals surface area contributed by atoms with Crippen molar-refractivity contribution < 1.29 is 19.1 Å². The van der Waals surface area contributed by atoms with Crippen LogP contribution in [-0.2, 0) is 22.4 Å². The SMILES string of the molecule is CCOC(=O)NC(=O)c1c(NC(=O)C(C)C)sc2c1CCC2. The summed E-state index contributed by atoms with van der Waals surface area (Å²) in [6.07, 6.45) is 1.90. The lowest BCUT2D eigenvalue weighted by atomic mass is 10.1. The third-order valence-electron chi connectivity index (χ3n) is 3.40. The molecule has 0 spiro atoms. The molecule has 2 rings (SSSR count). The number of thiophene rings is 1. The Morgan fingerprint density at radius 3 is 2.64 bits per heavy atom. The molecule has 6 nitrogen and oxygen atoms in total. The van der Waals surface area contributed by atoms with E-state index >= 15 is 0 Å². The Balaban J connectivity index is 2.26. The van der Waals surface area contributed by atoms with E-state index in [9.17, 15) is 14.4 Å². The van der Waals surface area contributed by atoms with E-state index < -0.39 is 12.0 Å². The molecule has 2 N–H and O–H groups in total. The van der Waals surface area contributed by atoms with Crippen molar-refractivity contribution in [3.63, 3.8) is 0 Å². The predicted octanol–water partition coefficient (Wildman–Crippen LogP) is 2.72. The van der Waals surface area contributed by atoms with Crippen molar-refractivity contribution in [3.05, 3.63) is 16.0 Å². The normalized spacial score (nSPS) is 12.9. The summed E-state index contributed by atoms with van der Waals surface area (Å²) in [6.45, 7) is 5.43. The molecule has 1 heterocycles. The fraction of sp³-hybridized carbons (Fsp3) is 0.533. The molecule has 0 atom stereocenters. The first-order valence-electron chi connectivity index (χ1n) is 7.37. The van der Waals surface area contributed by atoms with Crippen molar-refractivity contribution >= 4 is 34.2 Å². The van der Waals surface area contributed by atoms with Crippen molar-refractivity contribution in [2.24, 2.45) is 5.92 Å². The molecule has 0 fully saturated rings. The number of amides is 3. The van der Waals surface area contributed by atoms with Crippen LogP contribution in [0.15, 0.2) is 0 Å². The van der Waals surface area contributed by atoms with Gasteiger partial charge in [-0.2, -0.15) is 0 Å². The number of anilines is 1. The van der Waals surface area contributed by atoms with Gasteiger partial charge >= 0.3 is 6.09 Å². The second-order valence-electron chi connectivity index (χ2n) is 5.38. The highest BCUT2D eigenvalue weighted by molar-refractivity contribution is 7.17. The molecule has 0 unspecified atom stereocenters. The van der Waals surface area contributed by atoms with Crippen LogP contribution in [0, 0.1) is 5.92 Å². The first kappa shape index (κ1) is 16.5. The molecule has 0 aliphatic heterocycles. The van der Waals surface area contributed by atoms with E-state index in [2.05, 4.69) is 10.6 Å². The van der Waals surface area contributed by atoms with Crippen LogP contribution in [0.1, 0.15) is 48.0 Å². The van der Waals surface area contributed by atoms with Gasteiger partial charge in [0.25, 0.3) is 5.91 Å².